The third kappa shape index (κ3) is 4.52. The van der Waals surface area contributed by atoms with Crippen molar-refractivity contribution in [2.45, 2.75) is 25.9 Å². The van der Waals surface area contributed by atoms with E-state index in [4.69, 9.17) is 0 Å². The first-order chi connectivity index (χ1) is 9.97. The number of anilines is 1. The second kappa shape index (κ2) is 6.66. The fourth-order valence-electron chi connectivity index (χ4n) is 2.15. The van der Waals surface area contributed by atoms with E-state index >= 15 is 0 Å². The summed E-state index contributed by atoms with van der Waals surface area (Å²) in [6.45, 7) is 2.46. The average Bonchev–Trinajstić information content (AvgIpc) is 2.45. The van der Waals surface area contributed by atoms with Gasteiger partial charge in [0, 0.05) is 12.2 Å². The zero-order valence-corrected chi connectivity index (χ0v) is 11.9. The number of alkyl halides is 3. The molecule has 0 amide bonds. The predicted octanol–water partition coefficient (Wildman–Crippen LogP) is 5.06. The first-order valence-corrected chi connectivity index (χ1v) is 6.92. The van der Waals surface area contributed by atoms with Gasteiger partial charge in [0.15, 0.2) is 0 Å². The van der Waals surface area contributed by atoms with Crippen molar-refractivity contribution in [2.75, 3.05) is 11.9 Å². The van der Waals surface area contributed by atoms with Crippen LogP contribution < -0.4 is 5.32 Å². The molecule has 0 atom stereocenters. The van der Waals surface area contributed by atoms with Gasteiger partial charge in [-0.1, -0.05) is 36.4 Å². The van der Waals surface area contributed by atoms with Gasteiger partial charge in [-0.3, -0.25) is 0 Å². The van der Waals surface area contributed by atoms with E-state index in [9.17, 15) is 13.2 Å². The van der Waals surface area contributed by atoms with Crippen LogP contribution in [-0.4, -0.2) is 6.54 Å². The second-order valence-corrected chi connectivity index (χ2v) is 5.04. The van der Waals surface area contributed by atoms with Crippen molar-refractivity contribution in [3.05, 3.63) is 65.2 Å². The first-order valence-electron chi connectivity index (χ1n) is 6.92. The SMILES string of the molecule is Cc1ccc(C(F)(F)F)cc1NCCCc1ccccc1. The maximum atomic E-state index is 12.7. The maximum Gasteiger partial charge on any atom is 0.416 e. The van der Waals surface area contributed by atoms with Crippen LogP contribution in [0.3, 0.4) is 0 Å². The summed E-state index contributed by atoms with van der Waals surface area (Å²) in [6.07, 6.45) is -2.51. The molecule has 1 nitrogen and oxygen atoms in total. The molecule has 4 heteroatoms. The normalized spacial score (nSPS) is 11.4. The lowest BCUT2D eigenvalue weighted by atomic mass is 10.1. The molecule has 0 aliphatic rings. The molecule has 0 aliphatic heterocycles. The van der Waals surface area contributed by atoms with Crippen LogP contribution in [0.5, 0.6) is 0 Å². The van der Waals surface area contributed by atoms with Crippen LogP contribution in [0.25, 0.3) is 0 Å². The lowest BCUT2D eigenvalue weighted by Crippen LogP contribution is -2.08. The molecule has 2 rings (SSSR count). The molecule has 1 N–H and O–H groups in total. The molecular formula is C17H18F3N. The Hall–Kier alpha value is -1.97. The number of halogens is 3. The number of aryl methyl sites for hydroxylation is 2. The quantitative estimate of drug-likeness (QED) is 0.760. The third-order valence-electron chi connectivity index (χ3n) is 3.37. The lowest BCUT2D eigenvalue weighted by Gasteiger charge is -2.13. The highest BCUT2D eigenvalue weighted by Crippen LogP contribution is 2.32. The van der Waals surface area contributed by atoms with Gasteiger partial charge in [-0.25, -0.2) is 0 Å². The van der Waals surface area contributed by atoms with Crippen LogP contribution in [0.1, 0.15) is 23.1 Å². The van der Waals surface area contributed by atoms with E-state index in [0.717, 1.165) is 24.5 Å². The monoisotopic (exact) mass is 293 g/mol. The van der Waals surface area contributed by atoms with E-state index in [-0.39, 0.29) is 0 Å². The van der Waals surface area contributed by atoms with Crippen molar-refractivity contribution in [3.8, 4) is 0 Å². The standard InChI is InChI=1S/C17H18F3N/c1-13-9-10-15(17(18,19)20)12-16(13)21-11-5-8-14-6-3-2-4-7-14/h2-4,6-7,9-10,12,21H,5,8,11H2,1H3. The second-order valence-electron chi connectivity index (χ2n) is 5.04. The molecule has 0 aliphatic carbocycles. The zero-order chi connectivity index (χ0) is 15.3. The molecule has 112 valence electrons. The van der Waals surface area contributed by atoms with Crippen molar-refractivity contribution in [2.24, 2.45) is 0 Å². The summed E-state index contributed by atoms with van der Waals surface area (Å²) in [4.78, 5) is 0. The van der Waals surface area contributed by atoms with Gasteiger partial charge in [0.2, 0.25) is 0 Å². The minimum atomic E-state index is -4.30. The van der Waals surface area contributed by atoms with E-state index < -0.39 is 11.7 Å². The summed E-state index contributed by atoms with van der Waals surface area (Å²) in [5.41, 5.74) is 2.00. The van der Waals surface area contributed by atoms with Crippen LogP contribution in [0, 0.1) is 6.92 Å². The molecule has 0 saturated heterocycles. The Morgan fingerprint density at radius 3 is 2.38 bits per heavy atom. The first kappa shape index (κ1) is 15.4. The molecule has 0 bridgehead atoms. The van der Waals surface area contributed by atoms with Gasteiger partial charge in [-0.2, -0.15) is 13.2 Å². The summed E-state index contributed by atoms with van der Waals surface area (Å²) in [5.74, 6) is 0. The number of nitrogens with one attached hydrogen (secondary N) is 1. The fraction of sp³-hybridized carbons (Fsp3) is 0.294. The Balaban J connectivity index is 1.91. The van der Waals surface area contributed by atoms with E-state index in [2.05, 4.69) is 17.4 Å². The van der Waals surface area contributed by atoms with Crippen LogP contribution in [-0.2, 0) is 12.6 Å². The number of benzene rings is 2. The van der Waals surface area contributed by atoms with Crippen molar-refractivity contribution in [1.29, 1.82) is 0 Å². The summed E-state index contributed by atoms with van der Waals surface area (Å²) in [5, 5.41) is 3.10. The van der Waals surface area contributed by atoms with E-state index in [1.54, 1.807) is 6.92 Å². The molecule has 0 saturated carbocycles. The van der Waals surface area contributed by atoms with Gasteiger partial charge in [0.25, 0.3) is 0 Å². The van der Waals surface area contributed by atoms with Gasteiger partial charge >= 0.3 is 6.18 Å². The highest BCUT2D eigenvalue weighted by Gasteiger charge is 2.30. The van der Waals surface area contributed by atoms with E-state index in [1.165, 1.54) is 17.7 Å². The minimum Gasteiger partial charge on any atom is -0.385 e. The summed E-state index contributed by atoms with van der Waals surface area (Å²) >= 11 is 0. The molecule has 0 unspecified atom stereocenters. The third-order valence-corrected chi connectivity index (χ3v) is 3.37. The van der Waals surface area contributed by atoms with E-state index in [1.807, 2.05) is 18.2 Å². The summed E-state index contributed by atoms with van der Waals surface area (Å²) < 4.78 is 38.0. The topological polar surface area (TPSA) is 12.0 Å². The number of hydrogen-bond donors (Lipinski definition) is 1. The van der Waals surface area contributed by atoms with Crippen LogP contribution in [0.4, 0.5) is 18.9 Å². The maximum absolute atomic E-state index is 12.7. The van der Waals surface area contributed by atoms with Gasteiger partial charge in [0.1, 0.15) is 0 Å². The van der Waals surface area contributed by atoms with Crippen molar-refractivity contribution in [1.82, 2.24) is 0 Å². The van der Waals surface area contributed by atoms with Crippen molar-refractivity contribution in [3.63, 3.8) is 0 Å². The highest BCUT2D eigenvalue weighted by molar-refractivity contribution is 5.53. The molecule has 0 radical (unpaired) electrons. The van der Waals surface area contributed by atoms with Crippen LogP contribution >= 0.6 is 0 Å². The largest absolute Gasteiger partial charge is 0.416 e. The van der Waals surface area contributed by atoms with Crippen molar-refractivity contribution < 1.29 is 13.2 Å². The summed E-state index contributed by atoms with van der Waals surface area (Å²) in [6, 6.07) is 13.8. The fourth-order valence-corrected chi connectivity index (χ4v) is 2.15. The van der Waals surface area contributed by atoms with Crippen LogP contribution in [0.15, 0.2) is 48.5 Å². The number of rotatable bonds is 5. The summed E-state index contributed by atoms with van der Waals surface area (Å²) in [7, 11) is 0. The molecule has 0 heterocycles. The Kier molecular flexibility index (Phi) is 4.89. The predicted molar refractivity (Wildman–Crippen MR) is 79.4 cm³/mol. The van der Waals surface area contributed by atoms with Gasteiger partial charge in [-0.05, 0) is 43.0 Å². The minimum absolute atomic E-state index is 0.554. The Morgan fingerprint density at radius 1 is 1.00 bits per heavy atom. The molecule has 0 aromatic heterocycles. The Bertz CT molecular complexity index is 576. The Labute approximate surface area is 122 Å². The van der Waals surface area contributed by atoms with Gasteiger partial charge < -0.3 is 5.32 Å². The zero-order valence-electron chi connectivity index (χ0n) is 11.9. The van der Waals surface area contributed by atoms with Crippen LogP contribution in [0.2, 0.25) is 0 Å². The van der Waals surface area contributed by atoms with Gasteiger partial charge in [-0.15, -0.1) is 0 Å². The molecule has 2 aromatic carbocycles. The number of hydrogen-bond acceptors (Lipinski definition) is 1. The average molecular weight is 293 g/mol. The molecule has 0 fully saturated rings. The molecule has 2 aromatic rings. The molecule has 0 spiro atoms. The molecule has 21 heavy (non-hydrogen) atoms. The molecular weight excluding hydrogens is 275 g/mol. The smallest absolute Gasteiger partial charge is 0.385 e. The van der Waals surface area contributed by atoms with Crippen molar-refractivity contribution >= 4 is 5.69 Å². The lowest BCUT2D eigenvalue weighted by molar-refractivity contribution is -0.137. The highest BCUT2D eigenvalue weighted by atomic mass is 19.4. The Morgan fingerprint density at radius 2 is 1.71 bits per heavy atom. The van der Waals surface area contributed by atoms with E-state index in [0.29, 0.717) is 12.2 Å². The van der Waals surface area contributed by atoms with Gasteiger partial charge in [0.05, 0.1) is 5.56 Å².